The van der Waals surface area contributed by atoms with E-state index in [-0.39, 0.29) is 5.91 Å². The number of hydrogen-bond acceptors (Lipinski definition) is 2. The Hall–Kier alpha value is -3.06. The molecule has 1 amide bonds. The highest BCUT2D eigenvalue weighted by molar-refractivity contribution is 6.14. The second-order valence-corrected chi connectivity index (χ2v) is 5.29. The standard InChI is InChI=1S/C18H15N3O/c1-11-7-8-16-14(9-11)17(12(2)20-16)18(22)21-15-6-4-3-5-13(15)10-19/h3-9,20H,1-2H3,(H,21,22). The number of aromatic amines is 1. The molecule has 3 rings (SSSR count). The molecule has 0 aliphatic heterocycles. The molecule has 0 saturated heterocycles. The van der Waals surface area contributed by atoms with Gasteiger partial charge >= 0.3 is 0 Å². The minimum absolute atomic E-state index is 0.211. The summed E-state index contributed by atoms with van der Waals surface area (Å²) in [5.74, 6) is -0.211. The van der Waals surface area contributed by atoms with Crippen molar-refractivity contribution in [3.8, 4) is 6.07 Å². The Morgan fingerprint density at radius 1 is 1.18 bits per heavy atom. The monoisotopic (exact) mass is 289 g/mol. The van der Waals surface area contributed by atoms with Crippen LogP contribution in [0.5, 0.6) is 0 Å². The molecule has 4 nitrogen and oxygen atoms in total. The van der Waals surface area contributed by atoms with Crippen LogP contribution in [0, 0.1) is 25.2 Å². The van der Waals surface area contributed by atoms with E-state index in [0.29, 0.717) is 16.8 Å². The van der Waals surface area contributed by atoms with Crippen LogP contribution in [0.3, 0.4) is 0 Å². The largest absolute Gasteiger partial charge is 0.358 e. The summed E-state index contributed by atoms with van der Waals surface area (Å²) in [6, 6.07) is 15.0. The first-order valence-electron chi connectivity index (χ1n) is 6.99. The maximum absolute atomic E-state index is 12.6. The molecule has 1 aromatic heterocycles. The van der Waals surface area contributed by atoms with Crippen LogP contribution in [0.4, 0.5) is 5.69 Å². The van der Waals surface area contributed by atoms with Crippen LogP contribution in [0.2, 0.25) is 0 Å². The lowest BCUT2D eigenvalue weighted by molar-refractivity contribution is 0.102. The molecule has 0 bridgehead atoms. The molecule has 4 heteroatoms. The number of benzene rings is 2. The molecule has 108 valence electrons. The van der Waals surface area contributed by atoms with Crippen molar-refractivity contribution >= 4 is 22.5 Å². The lowest BCUT2D eigenvalue weighted by Crippen LogP contribution is -2.13. The molecular formula is C18H15N3O. The number of H-pyrrole nitrogens is 1. The number of hydrogen-bond donors (Lipinski definition) is 2. The van der Waals surface area contributed by atoms with Gasteiger partial charge in [-0.25, -0.2) is 0 Å². The van der Waals surface area contributed by atoms with Gasteiger partial charge in [-0.2, -0.15) is 5.26 Å². The summed E-state index contributed by atoms with van der Waals surface area (Å²) in [4.78, 5) is 15.9. The zero-order chi connectivity index (χ0) is 15.7. The molecule has 0 spiro atoms. The topological polar surface area (TPSA) is 68.7 Å². The minimum atomic E-state index is -0.211. The van der Waals surface area contributed by atoms with Gasteiger partial charge in [0.05, 0.1) is 16.8 Å². The van der Waals surface area contributed by atoms with Gasteiger partial charge in [-0.1, -0.05) is 23.8 Å². The van der Waals surface area contributed by atoms with Gasteiger partial charge in [-0.3, -0.25) is 4.79 Å². The first-order valence-corrected chi connectivity index (χ1v) is 6.99. The lowest BCUT2D eigenvalue weighted by Gasteiger charge is -2.07. The maximum Gasteiger partial charge on any atom is 0.258 e. The molecule has 1 heterocycles. The van der Waals surface area contributed by atoms with Crippen molar-refractivity contribution in [3.63, 3.8) is 0 Å². The van der Waals surface area contributed by atoms with E-state index in [1.54, 1.807) is 24.3 Å². The number of amides is 1. The van der Waals surface area contributed by atoms with Gasteiger partial charge in [-0.15, -0.1) is 0 Å². The summed E-state index contributed by atoms with van der Waals surface area (Å²) >= 11 is 0. The molecule has 0 aliphatic carbocycles. The van der Waals surface area contributed by atoms with Crippen molar-refractivity contribution in [2.24, 2.45) is 0 Å². The van der Waals surface area contributed by atoms with Crippen molar-refractivity contribution in [2.75, 3.05) is 5.32 Å². The van der Waals surface area contributed by atoms with Crippen LogP contribution in [0.15, 0.2) is 42.5 Å². The second-order valence-electron chi connectivity index (χ2n) is 5.29. The number of carbonyl (C=O) groups excluding carboxylic acids is 1. The summed E-state index contributed by atoms with van der Waals surface area (Å²) in [6.45, 7) is 3.87. The Morgan fingerprint density at radius 2 is 1.95 bits per heavy atom. The van der Waals surface area contributed by atoms with Crippen LogP contribution in [-0.4, -0.2) is 10.9 Å². The summed E-state index contributed by atoms with van der Waals surface area (Å²) in [6.07, 6.45) is 0. The van der Waals surface area contributed by atoms with Gasteiger partial charge in [0.1, 0.15) is 6.07 Å². The molecular weight excluding hydrogens is 274 g/mol. The summed E-state index contributed by atoms with van der Waals surface area (Å²) in [7, 11) is 0. The molecule has 22 heavy (non-hydrogen) atoms. The smallest absolute Gasteiger partial charge is 0.258 e. The van der Waals surface area contributed by atoms with Crippen LogP contribution >= 0.6 is 0 Å². The third-order valence-electron chi connectivity index (χ3n) is 3.66. The fourth-order valence-electron chi connectivity index (χ4n) is 2.61. The fraction of sp³-hybridized carbons (Fsp3) is 0.111. The number of fused-ring (bicyclic) bond motifs is 1. The Balaban J connectivity index is 2.04. The van der Waals surface area contributed by atoms with E-state index < -0.39 is 0 Å². The van der Waals surface area contributed by atoms with Crippen molar-refractivity contribution < 1.29 is 4.79 Å². The molecule has 0 unspecified atom stereocenters. The second kappa shape index (κ2) is 5.38. The predicted molar refractivity (Wildman–Crippen MR) is 86.9 cm³/mol. The van der Waals surface area contributed by atoms with Gasteiger partial charge in [0.2, 0.25) is 0 Å². The van der Waals surface area contributed by atoms with Crippen molar-refractivity contribution in [2.45, 2.75) is 13.8 Å². The van der Waals surface area contributed by atoms with Crippen LogP contribution < -0.4 is 5.32 Å². The lowest BCUT2D eigenvalue weighted by atomic mass is 10.1. The fourth-order valence-corrected chi connectivity index (χ4v) is 2.61. The molecule has 3 aromatic rings. The summed E-state index contributed by atoms with van der Waals surface area (Å²) in [5.41, 5.74) is 4.43. The highest BCUT2D eigenvalue weighted by Gasteiger charge is 2.17. The summed E-state index contributed by atoms with van der Waals surface area (Å²) in [5, 5.41) is 12.8. The summed E-state index contributed by atoms with van der Waals surface area (Å²) < 4.78 is 0. The Kier molecular flexibility index (Phi) is 3.40. The number of anilines is 1. The average Bonchev–Trinajstić information content (AvgIpc) is 2.83. The molecule has 0 atom stereocenters. The highest BCUT2D eigenvalue weighted by Crippen LogP contribution is 2.25. The first kappa shape index (κ1) is 13.9. The number of para-hydroxylation sites is 1. The third kappa shape index (κ3) is 2.33. The normalized spacial score (nSPS) is 10.4. The van der Waals surface area contributed by atoms with E-state index in [2.05, 4.69) is 16.4 Å². The van der Waals surface area contributed by atoms with E-state index in [1.165, 1.54) is 0 Å². The molecule has 2 aromatic carbocycles. The molecule has 0 aliphatic rings. The molecule has 0 saturated carbocycles. The maximum atomic E-state index is 12.6. The van der Waals surface area contributed by atoms with E-state index in [4.69, 9.17) is 5.26 Å². The van der Waals surface area contributed by atoms with Crippen molar-refractivity contribution in [1.29, 1.82) is 5.26 Å². The van der Waals surface area contributed by atoms with Gasteiger partial charge in [-0.05, 0) is 38.1 Å². The zero-order valence-electron chi connectivity index (χ0n) is 12.4. The van der Waals surface area contributed by atoms with Crippen molar-refractivity contribution in [1.82, 2.24) is 4.98 Å². The predicted octanol–water partition coefficient (Wildman–Crippen LogP) is 3.91. The van der Waals surface area contributed by atoms with Crippen LogP contribution in [-0.2, 0) is 0 Å². The van der Waals surface area contributed by atoms with Gasteiger partial charge in [0.25, 0.3) is 5.91 Å². The van der Waals surface area contributed by atoms with E-state index in [9.17, 15) is 4.79 Å². The Labute approximate surface area is 128 Å². The van der Waals surface area contributed by atoms with Gasteiger partial charge in [0.15, 0.2) is 0 Å². The third-order valence-corrected chi connectivity index (χ3v) is 3.66. The number of nitrogens with zero attached hydrogens (tertiary/aromatic N) is 1. The average molecular weight is 289 g/mol. The number of aryl methyl sites for hydroxylation is 2. The van der Waals surface area contributed by atoms with Gasteiger partial charge in [0, 0.05) is 16.6 Å². The number of nitriles is 1. The van der Waals surface area contributed by atoms with E-state index in [1.807, 2.05) is 32.0 Å². The minimum Gasteiger partial charge on any atom is -0.358 e. The SMILES string of the molecule is Cc1ccc2[nH]c(C)c(C(=O)Nc3ccccc3C#N)c2c1. The van der Waals surface area contributed by atoms with Crippen LogP contribution in [0.25, 0.3) is 10.9 Å². The van der Waals surface area contributed by atoms with Gasteiger partial charge < -0.3 is 10.3 Å². The van der Waals surface area contributed by atoms with E-state index in [0.717, 1.165) is 22.2 Å². The number of rotatable bonds is 2. The number of nitrogens with one attached hydrogen (secondary N) is 2. The van der Waals surface area contributed by atoms with E-state index >= 15 is 0 Å². The quantitative estimate of drug-likeness (QED) is 0.751. The zero-order valence-corrected chi connectivity index (χ0v) is 12.4. The van der Waals surface area contributed by atoms with Crippen molar-refractivity contribution in [3.05, 3.63) is 64.8 Å². The molecule has 2 N–H and O–H groups in total. The molecule has 0 fully saturated rings. The Morgan fingerprint density at radius 3 is 2.73 bits per heavy atom. The first-order chi connectivity index (χ1) is 10.6. The highest BCUT2D eigenvalue weighted by atomic mass is 16.1. The number of aromatic nitrogens is 1. The van der Waals surface area contributed by atoms with Crippen LogP contribution in [0.1, 0.15) is 27.2 Å². The Bertz CT molecular complexity index is 916. The number of carbonyl (C=O) groups is 1. The molecule has 0 radical (unpaired) electrons.